The van der Waals surface area contributed by atoms with Crippen molar-refractivity contribution in [2.75, 3.05) is 18.6 Å². The molecule has 98 valence electrons. The fraction of sp³-hybridized carbons (Fsp3) is 0.545. The first-order chi connectivity index (χ1) is 8.56. The van der Waals surface area contributed by atoms with Gasteiger partial charge >= 0.3 is 0 Å². The van der Waals surface area contributed by atoms with Gasteiger partial charge in [0.1, 0.15) is 12.6 Å². The number of aryl methyl sites for hydroxylation is 1. The third-order valence-electron chi connectivity index (χ3n) is 2.92. The van der Waals surface area contributed by atoms with E-state index in [9.17, 15) is 9.59 Å². The second-order valence-electron chi connectivity index (χ2n) is 4.12. The van der Waals surface area contributed by atoms with Crippen molar-refractivity contribution in [1.82, 2.24) is 15.1 Å². The second kappa shape index (κ2) is 4.67. The molecule has 7 nitrogen and oxygen atoms in total. The highest BCUT2D eigenvalue weighted by molar-refractivity contribution is 6.06. The molecule has 1 fully saturated rings. The van der Waals surface area contributed by atoms with Crippen LogP contribution >= 0.6 is 0 Å². The summed E-state index contributed by atoms with van der Waals surface area (Å²) in [6, 6.07) is 1.17. The molecule has 0 aliphatic carbocycles. The van der Waals surface area contributed by atoms with Crippen molar-refractivity contribution < 1.29 is 14.3 Å². The number of carbonyl (C=O) groups excluding carboxylic acids is 2. The van der Waals surface area contributed by atoms with Crippen LogP contribution in [0.4, 0.5) is 5.82 Å². The van der Waals surface area contributed by atoms with Crippen LogP contribution in [0.25, 0.3) is 0 Å². The maximum absolute atomic E-state index is 12.1. The van der Waals surface area contributed by atoms with Crippen molar-refractivity contribution in [1.29, 1.82) is 0 Å². The molecule has 0 aromatic carbocycles. The van der Waals surface area contributed by atoms with Crippen LogP contribution in [0.5, 0.6) is 5.88 Å². The molecule has 1 aromatic heterocycles. The van der Waals surface area contributed by atoms with Crippen LogP contribution in [-0.2, 0) is 16.6 Å². The number of nitrogens with zero attached hydrogens (tertiary/aromatic N) is 3. The lowest BCUT2D eigenvalue weighted by atomic mass is 10.1. The first kappa shape index (κ1) is 12.4. The molecule has 1 unspecified atom stereocenters. The number of hydrogen-bond donors (Lipinski definition) is 1. The summed E-state index contributed by atoms with van der Waals surface area (Å²) in [5.41, 5.74) is 0. The summed E-state index contributed by atoms with van der Waals surface area (Å²) in [5, 5.41) is 6.83. The lowest BCUT2D eigenvalue weighted by Gasteiger charge is -2.30. The van der Waals surface area contributed by atoms with Crippen molar-refractivity contribution in [3.63, 3.8) is 0 Å². The van der Waals surface area contributed by atoms with Gasteiger partial charge in [-0.2, -0.15) is 5.10 Å². The van der Waals surface area contributed by atoms with Gasteiger partial charge in [0.15, 0.2) is 5.82 Å². The predicted molar refractivity (Wildman–Crippen MR) is 64.3 cm³/mol. The molecule has 2 heterocycles. The van der Waals surface area contributed by atoms with Crippen LogP contribution in [0.1, 0.15) is 13.3 Å². The first-order valence-electron chi connectivity index (χ1n) is 5.75. The Morgan fingerprint density at radius 1 is 1.56 bits per heavy atom. The molecule has 1 aliphatic heterocycles. The number of hydrogen-bond acceptors (Lipinski definition) is 4. The maximum atomic E-state index is 12.1. The highest BCUT2D eigenvalue weighted by Crippen LogP contribution is 2.21. The Morgan fingerprint density at radius 2 is 2.28 bits per heavy atom. The smallest absolute Gasteiger partial charge is 0.251 e. The van der Waals surface area contributed by atoms with E-state index in [-0.39, 0.29) is 18.4 Å². The van der Waals surface area contributed by atoms with Gasteiger partial charge in [-0.1, -0.05) is 6.92 Å². The van der Waals surface area contributed by atoms with Crippen LogP contribution in [0, 0.1) is 0 Å². The average molecular weight is 252 g/mol. The van der Waals surface area contributed by atoms with Crippen LogP contribution in [0.3, 0.4) is 0 Å². The highest BCUT2D eigenvalue weighted by Gasteiger charge is 2.33. The summed E-state index contributed by atoms with van der Waals surface area (Å²) in [6.45, 7) is 1.85. The topological polar surface area (TPSA) is 76.5 Å². The van der Waals surface area contributed by atoms with Gasteiger partial charge in [-0.25, -0.2) is 4.68 Å². The Labute approximate surface area is 105 Å². The molecule has 1 atom stereocenters. The molecule has 0 spiro atoms. The van der Waals surface area contributed by atoms with E-state index in [2.05, 4.69) is 10.4 Å². The number of anilines is 1. The standard InChI is InChI=1S/C11H16N4O3/c1-4-7-11(17)15(6-9(16)12-7)8-5-10(18-3)14(2)13-8/h5,7H,4,6H2,1-3H3,(H,12,16). The maximum Gasteiger partial charge on any atom is 0.251 e. The highest BCUT2D eigenvalue weighted by atomic mass is 16.5. The molecular formula is C11H16N4O3. The van der Waals surface area contributed by atoms with Gasteiger partial charge in [-0.15, -0.1) is 0 Å². The van der Waals surface area contributed by atoms with Crippen molar-refractivity contribution in [3.8, 4) is 5.88 Å². The Hall–Kier alpha value is -2.05. The van der Waals surface area contributed by atoms with Gasteiger partial charge in [0.25, 0.3) is 5.91 Å². The van der Waals surface area contributed by atoms with Gasteiger partial charge in [0, 0.05) is 13.1 Å². The Bertz CT molecular complexity index is 483. The van der Waals surface area contributed by atoms with Gasteiger partial charge in [-0.05, 0) is 6.42 Å². The molecule has 7 heteroatoms. The first-order valence-corrected chi connectivity index (χ1v) is 5.75. The molecule has 0 radical (unpaired) electrons. The third-order valence-corrected chi connectivity index (χ3v) is 2.92. The zero-order chi connectivity index (χ0) is 13.3. The van der Waals surface area contributed by atoms with Crippen molar-refractivity contribution in [2.24, 2.45) is 7.05 Å². The third kappa shape index (κ3) is 2.03. The van der Waals surface area contributed by atoms with E-state index in [0.717, 1.165) is 0 Å². The number of piperazine rings is 1. The van der Waals surface area contributed by atoms with E-state index in [4.69, 9.17) is 4.74 Å². The van der Waals surface area contributed by atoms with Crippen LogP contribution in [0.2, 0.25) is 0 Å². The fourth-order valence-electron chi connectivity index (χ4n) is 1.94. The van der Waals surface area contributed by atoms with Gasteiger partial charge in [0.2, 0.25) is 11.8 Å². The lowest BCUT2D eigenvalue weighted by molar-refractivity contribution is -0.131. The molecular weight excluding hydrogens is 236 g/mol. The van der Waals surface area contributed by atoms with Gasteiger partial charge < -0.3 is 10.1 Å². The minimum absolute atomic E-state index is 0.00446. The Morgan fingerprint density at radius 3 is 2.83 bits per heavy atom. The second-order valence-corrected chi connectivity index (χ2v) is 4.12. The Balaban J connectivity index is 2.30. The molecule has 2 amide bonds. The van der Waals surface area contributed by atoms with Crippen LogP contribution in [0.15, 0.2) is 6.07 Å². The molecule has 1 saturated heterocycles. The van der Waals surface area contributed by atoms with E-state index < -0.39 is 6.04 Å². The predicted octanol–water partition coefficient (Wildman–Crippen LogP) is -0.330. The van der Waals surface area contributed by atoms with Crippen LogP contribution < -0.4 is 15.0 Å². The van der Waals surface area contributed by atoms with Crippen molar-refractivity contribution in [3.05, 3.63) is 6.07 Å². The van der Waals surface area contributed by atoms with Gasteiger partial charge in [-0.3, -0.25) is 14.5 Å². The number of amides is 2. The number of methoxy groups -OCH3 is 1. The van der Waals surface area contributed by atoms with E-state index in [1.54, 1.807) is 13.1 Å². The number of nitrogens with one attached hydrogen (secondary N) is 1. The lowest BCUT2D eigenvalue weighted by Crippen LogP contribution is -2.58. The van der Waals surface area contributed by atoms with Crippen molar-refractivity contribution >= 4 is 17.6 Å². The van der Waals surface area contributed by atoms with E-state index in [1.807, 2.05) is 6.92 Å². The number of aromatic nitrogens is 2. The molecule has 0 bridgehead atoms. The van der Waals surface area contributed by atoms with Crippen LogP contribution in [-0.4, -0.2) is 41.3 Å². The number of ether oxygens (including phenoxy) is 1. The zero-order valence-corrected chi connectivity index (χ0v) is 10.6. The normalized spacial score (nSPS) is 19.9. The molecule has 1 aromatic rings. The minimum Gasteiger partial charge on any atom is -0.481 e. The summed E-state index contributed by atoms with van der Waals surface area (Å²) >= 11 is 0. The molecule has 0 saturated carbocycles. The Kier molecular flexibility index (Phi) is 3.22. The van der Waals surface area contributed by atoms with E-state index >= 15 is 0 Å². The van der Waals surface area contributed by atoms with E-state index in [0.29, 0.717) is 18.1 Å². The summed E-state index contributed by atoms with van der Waals surface area (Å²) in [5.74, 6) is 0.661. The summed E-state index contributed by atoms with van der Waals surface area (Å²) in [4.78, 5) is 25.1. The largest absolute Gasteiger partial charge is 0.481 e. The zero-order valence-electron chi connectivity index (χ0n) is 10.6. The summed E-state index contributed by atoms with van der Waals surface area (Å²) in [7, 11) is 3.24. The van der Waals surface area contributed by atoms with E-state index in [1.165, 1.54) is 16.7 Å². The number of rotatable bonds is 3. The quantitative estimate of drug-likeness (QED) is 0.799. The van der Waals surface area contributed by atoms with Crippen molar-refractivity contribution in [2.45, 2.75) is 19.4 Å². The monoisotopic (exact) mass is 252 g/mol. The molecule has 1 aliphatic rings. The van der Waals surface area contributed by atoms with Gasteiger partial charge in [0.05, 0.1) is 7.11 Å². The molecule has 18 heavy (non-hydrogen) atoms. The summed E-state index contributed by atoms with van der Waals surface area (Å²) < 4.78 is 6.62. The SMILES string of the molecule is CCC1NC(=O)CN(c2cc(OC)n(C)n2)C1=O. The fourth-order valence-corrected chi connectivity index (χ4v) is 1.94. The number of carbonyl (C=O) groups is 2. The summed E-state index contributed by atoms with van der Waals surface area (Å²) in [6.07, 6.45) is 0.561. The minimum atomic E-state index is -0.473. The average Bonchev–Trinajstić information content (AvgIpc) is 2.72. The molecule has 1 N–H and O–H groups in total. The molecule has 2 rings (SSSR count).